The number of halogens is 2. The SMILES string of the molecule is CCN(C(C)(C)C(=O)O)S(=O)(=O)c1ccc(Br)cc1F. The van der Waals surface area contributed by atoms with Crippen LogP contribution in [-0.4, -0.2) is 35.9 Å². The molecule has 20 heavy (non-hydrogen) atoms. The van der Waals surface area contributed by atoms with Crippen molar-refractivity contribution in [1.82, 2.24) is 4.31 Å². The number of carboxylic acid groups (broad SMARTS) is 1. The van der Waals surface area contributed by atoms with Crippen molar-refractivity contribution in [3.63, 3.8) is 0 Å². The highest BCUT2D eigenvalue weighted by molar-refractivity contribution is 9.10. The van der Waals surface area contributed by atoms with Crippen molar-refractivity contribution in [1.29, 1.82) is 0 Å². The highest BCUT2D eigenvalue weighted by Crippen LogP contribution is 2.27. The lowest BCUT2D eigenvalue weighted by Gasteiger charge is -2.33. The van der Waals surface area contributed by atoms with Gasteiger partial charge in [-0.2, -0.15) is 4.31 Å². The Bertz CT molecular complexity index is 630. The number of likely N-dealkylation sites (N-methyl/N-ethyl adjacent to an activating group) is 1. The second-order valence-corrected chi connectivity index (χ2v) is 7.36. The van der Waals surface area contributed by atoms with Gasteiger partial charge in [-0.3, -0.25) is 4.79 Å². The minimum absolute atomic E-state index is 0.0862. The van der Waals surface area contributed by atoms with Crippen LogP contribution in [0, 0.1) is 5.82 Å². The molecule has 0 aliphatic rings. The first-order valence-corrected chi connectivity index (χ1v) is 7.99. The molecular formula is C12H15BrFNO4S. The standard InChI is InChI=1S/C12H15BrFNO4S/c1-4-15(12(2,3)11(16)17)20(18,19)10-6-5-8(13)7-9(10)14/h5-7H,4H2,1-3H3,(H,16,17). The molecule has 0 bridgehead atoms. The van der Waals surface area contributed by atoms with Crippen LogP contribution in [0.5, 0.6) is 0 Å². The molecule has 0 unspecified atom stereocenters. The van der Waals surface area contributed by atoms with Gasteiger partial charge in [0.2, 0.25) is 10.0 Å². The van der Waals surface area contributed by atoms with Gasteiger partial charge in [-0.05, 0) is 32.0 Å². The van der Waals surface area contributed by atoms with E-state index >= 15 is 0 Å². The van der Waals surface area contributed by atoms with Gasteiger partial charge in [-0.1, -0.05) is 22.9 Å². The monoisotopic (exact) mass is 367 g/mol. The lowest BCUT2D eigenvalue weighted by atomic mass is 10.1. The normalized spacial score (nSPS) is 12.7. The van der Waals surface area contributed by atoms with Crippen molar-refractivity contribution in [2.45, 2.75) is 31.2 Å². The minimum atomic E-state index is -4.24. The van der Waals surface area contributed by atoms with E-state index < -0.39 is 32.2 Å². The Kier molecular flexibility index (Phi) is 4.94. The smallest absolute Gasteiger partial charge is 0.324 e. The highest BCUT2D eigenvalue weighted by Gasteiger charge is 2.42. The van der Waals surface area contributed by atoms with Crippen molar-refractivity contribution in [3.05, 3.63) is 28.5 Å². The molecule has 0 aromatic heterocycles. The number of aliphatic carboxylic acids is 1. The van der Waals surface area contributed by atoms with E-state index in [9.17, 15) is 17.6 Å². The van der Waals surface area contributed by atoms with Crippen LogP contribution in [0.25, 0.3) is 0 Å². The molecule has 0 aliphatic carbocycles. The van der Waals surface area contributed by atoms with Crippen LogP contribution in [0.1, 0.15) is 20.8 Å². The summed E-state index contributed by atoms with van der Waals surface area (Å²) in [6.45, 7) is 3.93. The van der Waals surface area contributed by atoms with Crippen molar-refractivity contribution < 1.29 is 22.7 Å². The molecule has 0 radical (unpaired) electrons. The first-order valence-electron chi connectivity index (χ1n) is 5.76. The first-order chi connectivity index (χ1) is 9.05. The lowest BCUT2D eigenvalue weighted by Crippen LogP contribution is -2.52. The van der Waals surface area contributed by atoms with Gasteiger partial charge in [0, 0.05) is 11.0 Å². The van der Waals surface area contributed by atoms with Gasteiger partial charge in [-0.15, -0.1) is 0 Å². The Morgan fingerprint density at radius 1 is 1.45 bits per heavy atom. The summed E-state index contributed by atoms with van der Waals surface area (Å²) in [6, 6.07) is 3.52. The number of nitrogens with zero attached hydrogens (tertiary/aromatic N) is 1. The van der Waals surface area contributed by atoms with Crippen LogP contribution in [0.15, 0.2) is 27.6 Å². The third-order valence-corrected chi connectivity index (χ3v) is 5.57. The van der Waals surface area contributed by atoms with Crippen LogP contribution < -0.4 is 0 Å². The Labute approximate surface area is 125 Å². The summed E-state index contributed by atoms with van der Waals surface area (Å²) in [5.41, 5.74) is -1.67. The molecule has 0 atom stereocenters. The predicted octanol–water partition coefficient (Wildman–Crippen LogP) is 2.46. The van der Waals surface area contributed by atoms with Gasteiger partial charge in [0.05, 0.1) is 0 Å². The largest absolute Gasteiger partial charge is 0.480 e. The third-order valence-electron chi connectivity index (χ3n) is 2.90. The molecule has 0 aliphatic heterocycles. The summed E-state index contributed by atoms with van der Waals surface area (Å²) in [7, 11) is -4.24. The second kappa shape index (κ2) is 5.79. The van der Waals surface area contributed by atoms with E-state index in [-0.39, 0.29) is 6.54 Å². The highest BCUT2D eigenvalue weighted by atomic mass is 79.9. The van der Waals surface area contributed by atoms with Crippen molar-refractivity contribution >= 4 is 31.9 Å². The number of carbonyl (C=O) groups is 1. The quantitative estimate of drug-likeness (QED) is 0.867. The van der Waals surface area contributed by atoms with Gasteiger partial charge >= 0.3 is 5.97 Å². The Balaban J connectivity index is 3.44. The van der Waals surface area contributed by atoms with Crippen molar-refractivity contribution in [2.24, 2.45) is 0 Å². The first kappa shape index (κ1) is 17.1. The molecule has 0 amide bonds. The molecule has 1 aromatic carbocycles. The van der Waals surface area contributed by atoms with Gasteiger partial charge in [0.1, 0.15) is 16.3 Å². The summed E-state index contributed by atoms with van der Waals surface area (Å²) < 4.78 is 39.9. The number of sulfonamides is 1. The van der Waals surface area contributed by atoms with E-state index in [4.69, 9.17) is 5.11 Å². The van der Waals surface area contributed by atoms with Crippen molar-refractivity contribution in [3.8, 4) is 0 Å². The molecule has 1 N–H and O–H groups in total. The fourth-order valence-corrected chi connectivity index (χ4v) is 3.91. The average molecular weight is 368 g/mol. The number of hydrogen-bond donors (Lipinski definition) is 1. The molecule has 0 saturated heterocycles. The minimum Gasteiger partial charge on any atom is -0.480 e. The Hall–Kier alpha value is -0.990. The molecular weight excluding hydrogens is 353 g/mol. The zero-order valence-electron chi connectivity index (χ0n) is 11.2. The van der Waals surface area contributed by atoms with Crippen LogP contribution in [-0.2, 0) is 14.8 Å². The van der Waals surface area contributed by atoms with Crippen LogP contribution in [0.4, 0.5) is 4.39 Å². The van der Waals surface area contributed by atoms with Gasteiger partial charge in [0.15, 0.2) is 0 Å². The van der Waals surface area contributed by atoms with E-state index in [1.165, 1.54) is 26.8 Å². The van der Waals surface area contributed by atoms with Crippen LogP contribution in [0.2, 0.25) is 0 Å². The van der Waals surface area contributed by atoms with E-state index in [2.05, 4.69) is 15.9 Å². The van der Waals surface area contributed by atoms with Gasteiger partial charge < -0.3 is 5.11 Å². The molecule has 8 heteroatoms. The average Bonchev–Trinajstić information content (AvgIpc) is 2.27. The summed E-state index contributed by atoms with van der Waals surface area (Å²) in [4.78, 5) is 10.7. The third kappa shape index (κ3) is 3.02. The summed E-state index contributed by atoms with van der Waals surface area (Å²) in [6.07, 6.45) is 0. The number of hydrogen-bond acceptors (Lipinski definition) is 3. The number of carboxylic acids is 1. The molecule has 0 fully saturated rings. The van der Waals surface area contributed by atoms with Crippen molar-refractivity contribution in [2.75, 3.05) is 6.54 Å². The maximum absolute atomic E-state index is 13.8. The zero-order chi connectivity index (χ0) is 15.7. The maximum Gasteiger partial charge on any atom is 0.324 e. The lowest BCUT2D eigenvalue weighted by molar-refractivity contribution is -0.146. The molecule has 5 nitrogen and oxygen atoms in total. The summed E-state index contributed by atoms with van der Waals surface area (Å²) >= 11 is 3.04. The van der Waals surface area contributed by atoms with Gasteiger partial charge in [0.25, 0.3) is 0 Å². The summed E-state index contributed by atoms with van der Waals surface area (Å²) in [5, 5.41) is 9.16. The zero-order valence-corrected chi connectivity index (χ0v) is 13.6. The van der Waals surface area contributed by atoms with Crippen LogP contribution in [0.3, 0.4) is 0 Å². The summed E-state index contributed by atoms with van der Waals surface area (Å²) in [5.74, 6) is -2.24. The maximum atomic E-state index is 13.8. The molecule has 0 spiro atoms. The number of benzene rings is 1. The molecule has 0 heterocycles. The second-order valence-electron chi connectivity index (χ2n) is 4.61. The van der Waals surface area contributed by atoms with Crippen LogP contribution >= 0.6 is 15.9 Å². The molecule has 1 aromatic rings. The fourth-order valence-electron chi connectivity index (χ4n) is 1.78. The Morgan fingerprint density at radius 2 is 2.00 bits per heavy atom. The molecule has 0 saturated carbocycles. The van der Waals surface area contributed by atoms with E-state index in [1.54, 1.807) is 0 Å². The van der Waals surface area contributed by atoms with E-state index in [0.29, 0.717) is 4.47 Å². The molecule has 1 rings (SSSR count). The van der Waals surface area contributed by atoms with E-state index in [1.807, 2.05) is 0 Å². The Morgan fingerprint density at radius 3 is 2.40 bits per heavy atom. The molecule has 112 valence electrons. The predicted molar refractivity (Wildman–Crippen MR) is 75.4 cm³/mol. The van der Waals surface area contributed by atoms with Gasteiger partial charge in [-0.25, -0.2) is 12.8 Å². The number of rotatable bonds is 5. The topological polar surface area (TPSA) is 74.7 Å². The fraction of sp³-hybridized carbons (Fsp3) is 0.417. The van der Waals surface area contributed by atoms with E-state index in [0.717, 1.165) is 16.4 Å².